The summed E-state index contributed by atoms with van der Waals surface area (Å²) in [4.78, 5) is 42.8. The van der Waals surface area contributed by atoms with Gasteiger partial charge in [-0.25, -0.2) is 9.79 Å². The number of hydrogen-bond acceptors (Lipinski definition) is 9. The van der Waals surface area contributed by atoms with Crippen LogP contribution in [0.2, 0.25) is 0 Å². The number of methoxy groups -OCH3 is 2. The first-order chi connectivity index (χ1) is 17.7. The number of nitrogens with zero attached hydrogens (tertiary/aromatic N) is 3. The molecular weight excluding hydrogens is 498 g/mol. The maximum absolute atomic E-state index is 13.7. The van der Waals surface area contributed by atoms with Gasteiger partial charge in [0.25, 0.3) is 11.2 Å². The molecule has 3 aromatic rings. The van der Waals surface area contributed by atoms with Gasteiger partial charge in [-0.15, -0.1) is 0 Å². The van der Waals surface area contributed by atoms with Gasteiger partial charge in [0.15, 0.2) is 16.3 Å². The normalized spacial score (nSPS) is 15.2. The van der Waals surface area contributed by atoms with Crippen LogP contribution in [-0.2, 0) is 9.53 Å². The number of benzene rings is 2. The lowest BCUT2D eigenvalue weighted by atomic mass is 9.95. The molecule has 1 aliphatic heterocycles. The van der Waals surface area contributed by atoms with Gasteiger partial charge in [-0.2, -0.15) is 0 Å². The Labute approximate surface area is 215 Å². The molecule has 1 aliphatic rings. The third kappa shape index (κ3) is 4.77. The maximum Gasteiger partial charge on any atom is 0.338 e. The molecule has 0 saturated carbocycles. The molecule has 10 nitrogen and oxygen atoms in total. The summed E-state index contributed by atoms with van der Waals surface area (Å²) < 4.78 is 17.4. The molecule has 192 valence electrons. The van der Waals surface area contributed by atoms with E-state index in [9.17, 15) is 19.7 Å². The number of rotatable bonds is 7. The topological polar surface area (TPSA) is 122 Å². The number of carbonyl (C=O) groups is 1. The van der Waals surface area contributed by atoms with E-state index >= 15 is 0 Å². The molecule has 0 amide bonds. The van der Waals surface area contributed by atoms with Crippen molar-refractivity contribution in [2.75, 3.05) is 20.8 Å². The van der Waals surface area contributed by atoms with Crippen molar-refractivity contribution in [2.45, 2.75) is 26.8 Å². The number of esters is 1. The molecule has 4 rings (SSSR count). The summed E-state index contributed by atoms with van der Waals surface area (Å²) in [6, 6.07) is 9.44. The van der Waals surface area contributed by atoms with Gasteiger partial charge < -0.3 is 14.2 Å². The Hall–Kier alpha value is -4.25. The summed E-state index contributed by atoms with van der Waals surface area (Å²) in [5, 5.41) is 11.8. The minimum absolute atomic E-state index is 0.168. The number of carbonyl (C=O) groups excluding carboxylic acids is 1. The molecule has 2 heterocycles. The lowest BCUT2D eigenvalue weighted by molar-refractivity contribution is -0.385. The largest absolute Gasteiger partial charge is 0.493 e. The minimum Gasteiger partial charge on any atom is -0.493 e. The van der Waals surface area contributed by atoms with Crippen LogP contribution in [0.3, 0.4) is 0 Å². The molecule has 1 atom stereocenters. The van der Waals surface area contributed by atoms with Gasteiger partial charge >= 0.3 is 5.97 Å². The average Bonchev–Trinajstić information content (AvgIpc) is 3.17. The number of allylic oxidation sites excluding steroid dienone is 1. The predicted octanol–water partition coefficient (Wildman–Crippen LogP) is 3.03. The first kappa shape index (κ1) is 25.8. The lowest BCUT2D eigenvalue weighted by Gasteiger charge is -2.24. The predicted molar refractivity (Wildman–Crippen MR) is 138 cm³/mol. The fourth-order valence-electron chi connectivity index (χ4n) is 4.15. The Morgan fingerprint density at radius 3 is 2.41 bits per heavy atom. The third-order valence-corrected chi connectivity index (χ3v) is 6.91. The molecule has 0 spiro atoms. The first-order valence-corrected chi connectivity index (χ1v) is 12.2. The van der Waals surface area contributed by atoms with Crippen molar-refractivity contribution in [3.8, 4) is 11.5 Å². The van der Waals surface area contributed by atoms with E-state index in [-0.39, 0.29) is 39.5 Å². The van der Waals surface area contributed by atoms with Gasteiger partial charge in [-0.05, 0) is 38.5 Å². The second kappa shape index (κ2) is 10.4. The lowest BCUT2D eigenvalue weighted by Crippen LogP contribution is -2.39. The monoisotopic (exact) mass is 523 g/mol. The van der Waals surface area contributed by atoms with Crippen LogP contribution in [0.25, 0.3) is 6.08 Å². The summed E-state index contributed by atoms with van der Waals surface area (Å²) in [5.41, 5.74) is 1.93. The molecule has 2 aromatic carbocycles. The van der Waals surface area contributed by atoms with Crippen molar-refractivity contribution in [1.29, 1.82) is 0 Å². The molecule has 0 aliphatic carbocycles. The zero-order valence-electron chi connectivity index (χ0n) is 20.9. The van der Waals surface area contributed by atoms with E-state index in [1.165, 1.54) is 37.0 Å². The number of aryl methyl sites for hydroxylation is 1. The van der Waals surface area contributed by atoms with Gasteiger partial charge in [0.2, 0.25) is 0 Å². The first-order valence-electron chi connectivity index (χ1n) is 11.4. The van der Waals surface area contributed by atoms with Crippen LogP contribution >= 0.6 is 11.3 Å². The molecule has 11 heteroatoms. The minimum atomic E-state index is -0.765. The van der Waals surface area contributed by atoms with Crippen LogP contribution in [0.1, 0.15) is 36.6 Å². The number of thiazole rings is 1. The summed E-state index contributed by atoms with van der Waals surface area (Å²) in [5.74, 6) is -0.0777. The van der Waals surface area contributed by atoms with Gasteiger partial charge in [-0.3, -0.25) is 19.5 Å². The summed E-state index contributed by atoms with van der Waals surface area (Å²) in [6.07, 6.45) is 1.43. The molecule has 37 heavy (non-hydrogen) atoms. The highest BCUT2D eigenvalue weighted by Crippen LogP contribution is 2.35. The number of nitro groups is 1. The van der Waals surface area contributed by atoms with Gasteiger partial charge in [0, 0.05) is 0 Å². The molecular formula is C26H25N3O7S. The van der Waals surface area contributed by atoms with Crippen LogP contribution in [0, 0.1) is 17.0 Å². The molecule has 1 aromatic heterocycles. The van der Waals surface area contributed by atoms with E-state index in [4.69, 9.17) is 14.2 Å². The van der Waals surface area contributed by atoms with Crippen LogP contribution in [0.4, 0.5) is 5.69 Å². The van der Waals surface area contributed by atoms with Crippen LogP contribution < -0.4 is 24.4 Å². The zero-order chi connectivity index (χ0) is 26.9. The van der Waals surface area contributed by atoms with E-state index in [2.05, 4.69) is 4.99 Å². The number of nitro benzene ring substituents is 1. The number of aromatic nitrogens is 1. The Bertz CT molecular complexity index is 1600. The average molecular weight is 524 g/mol. The van der Waals surface area contributed by atoms with Crippen molar-refractivity contribution >= 4 is 29.1 Å². The fourth-order valence-corrected chi connectivity index (χ4v) is 5.19. The molecule has 0 unspecified atom stereocenters. The standard InChI is InChI=1S/C26H25N3O7S/c1-6-36-25(31)22-15(3)27-26-28(23(22)16-9-7-14(2)8-10-16)24(30)21(37-26)12-17-11-19(34-4)20(35-5)13-18(17)29(32)33/h7-13,23H,6H2,1-5H3/b21-12-/t23-/m1/s1. The van der Waals surface area contributed by atoms with E-state index < -0.39 is 22.5 Å². The molecule has 0 N–H and O–H groups in total. The summed E-state index contributed by atoms with van der Waals surface area (Å²) in [7, 11) is 2.80. The second-order valence-corrected chi connectivity index (χ2v) is 9.25. The number of fused-ring (bicyclic) bond motifs is 1. The fraction of sp³-hybridized carbons (Fsp3) is 0.269. The molecule has 0 radical (unpaired) electrons. The van der Waals surface area contributed by atoms with Crippen molar-refractivity contribution in [2.24, 2.45) is 4.99 Å². The van der Waals surface area contributed by atoms with Crippen molar-refractivity contribution in [1.82, 2.24) is 4.57 Å². The van der Waals surface area contributed by atoms with E-state index in [1.54, 1.807) is 13.8 Å². The quantitative estimate of drug-likeness (QED) is 0.265. The highest BCUT2D eigenvalue weighted by Gasteiger charge is 2.33. The summed E-state index contributed by atoms with van der Waals surface area (Å²) in [6.45, 7) is 5.52. The maximum atomic E-state index is 13.7. The highest BCUT2D eigenvalue weighted by atomic mass is 32.1. The number of hydrogen-bond donors (Lipinski definition) is 0. The van der Waals surface area contributed by atoms with Crippen molar-refractivity contribution in [3.05, 3.63) is 94.2 Å². The molecule has 0 saturated heterocycles. The van der Waals surface area contributed by atoms with Gasteiger partial charge in [0.1, 0.15) is 0 Å². The van der Waals surface area contributed by atoms with Crippen LogP contribution in [0.5, 0.6) is 11.5 Å². The van der Waals surface area contributed by atoms with E-state index in [0.717, 1.165) is 16.9 Å². The van der Waals surface area contributed by atoms with E-state index in [1.807, 2.05) is 31.2 Å². The van der Waals surface area contributed by atoms with Crippen molar-refractivity contribution in [3.63, 3.8) is 0 Å². The molecule has 0 fully saturated rings. The number of ether oxygens (including phenoxy) is 3. The van der Waals surface area contributed by atoms with E-state index in [0.29, 0.717) is 16.1 Å². The Kier molecular flexibility index (Phi) is 7.25. The Morgan fingerprint density at radius 1 is 1.16 bits per heavy atom. The smallest absolute Gasteiger partial charge is 0.338 e. The molecule has 0 bridgehead atoms. The van der Waals surface area contributed by atoms with Crippen LogP contribution in [-0.4, -0.2) is 36.3 Å². The second-order valence-electron chi connectivity index (χ2n) is 8.24. The summed E-state index contributed by atoms with van der Waals surface area (Å²) >= 11 is 1.08. The Balaban J connectivity index is 1.99. The van der Waals surface area contributed by atoms with Crippen molar-refractivity contribution < 1.29 is 23.9 Å². The third-order valence-electron chi connectivity index (χ3n) is 5.93. The SMILES string of the molecule is CCOC(=O)C1=C(C)N=c2s/c(=C\c3cc(OC)c(OC)cc3[N+](=O)[O-])c(=O)n2[C@@H]1c1ccc(C)cc1. The zero-order valence-corrected chi connectivity index (χ0v) is 21.8. The highest BCUT2D eigenvalue weighted by molar-refractivity contribution is 7.07. The Morgan fingerprint density at radius 2 is 1.81 bits per heavy atom. The van der Waals surface area contributed by atoms with Gasteiger partial charge in [-0.1, -0.05) is 41.2 Å². The van der Waals surface area contributed by atoms with Gasteiger partial charge in [0.05, 0.1) is 59.2 Å². The van der Waals surface area contributed by atoms with Crippen LogP contribution in [0.15, 0.2) is 57.5 Å².